The molecule has 5 nitrogen and oxygen atoms in total. The summed E-state index contributed by atoms with van der Waals surface area (Å²) in [5, 5.41) is 2.94. The number of aromatic nitrogens is 1. The first-order chi connectivity index (χ1) is 8.54. The molecule has 98 valence electrons. The van der Waals surface area contributed by atoms with E-state index in [-0.39, 0.29) is 11.4 Å². The van der Waals surface area contributed by atoms with Gasteiger partial charge in [-0.2, -0.15) is 0 Å². The van der Waals surface area contributed by atoms with Gasteiger partial charge in [0.2, 0.25) is 0 Å². The summed E-state index contributed by atoms with van der Waals surface area (Å²) in [4.78, 5) is 18.6. The Hall–Kier alpha value is -1.62. The molecule has 0 aliphatic carbocycles. The van der Waals surface area contributed by atoms with E-state index in [1.54, 1.807) is 13.1 Å². The fraction of sp³-hybridized carbons (Fsp3) is 0.538. The fourth-order valence-corrected chi connectivity index (χ4v) is 2.07. The molecule has 0 atom stereocenters. The van der Waals surface area contributed by atoms with Gasteiger partial charge in [0.1, 0.15) is 11.5 Å². The molecule has 1 aromatic rings. The number of pyridine rings is 1. The Morgan fingerprint density at radius 1 is 1.50 bits per heavy atom. The van der Waals surface area contributed by atoms with Crippen molar-refractivity contribution in [3.05, 3.63) is 23.9 Å². The highest BCUT2D eigenvalue weighted by atomic mass is 16.5. The first kappa shape index (κ1) is 12.8. The summed E-state index contributed by atoms with van der Waals surface area (Å²) in [7, 11) is 1.79. The van der Waals surface area contributed by atoms with Crippen molar-refractivity contribution in [3.8, 4) is 0 Å². The number of hydrogen-bond donors (Lipinski definition) is 1. The molecule has 0 saturated carbocycles. The van der Waals surface area contributed by atoms with Gasteiger partial charge in [-0.3, -0.25) is 4.79 Å². The van der Waals surface area contributed by atoms with E-state index in [0.717, 1.165) is 0 Å². The number of hydrogen-bond acceptors (Lipinski definition) is 4. The van der Waals surface area contributed by atoms with Gasteiger partial charge in [-0.1, -0.05) is 6.07 Å². The molecular formula is C13H19N3O2. The lowest BCUT2D eigenvalue weighted by Crippen LogP contribution is -2.55. The number of rotatable bonds is 2. The number of nitrogens with zero attached hydrogens (tertiary/aromatic N) is 2. The zero-order chi connectivity index (χ0) is 13.2. The first-order valence-corrected chi connectivity index (χ1v) is 6.09. The number of carbonyl (C=O) groups excluding carboxylic acids is 1. The van der Waals surface area contributed by atoms with E-state index in [2.05, 4.69) is 10.3 Å². The Labute approximate surface area is 107 Å². The molecular weight excluding hydrogens is 230 g/mol. The lowest BCUT2D eigenvalue weighted by Gasteiger charge is -2.41. The van der Waals surface area contributed by atoms with Crippen LogP contribution >= 0.6 is 0 Å². The topological polar surface area (TPSA) is 54.5 Å². The van der Waals surface area contributed by atoms with Crippen LogP contribution in [0.3, 0.4) is 0 Å². The van der Waals surface area contributed by atoms with Crippen molar-refractivity contribution >= 4 is 11.7 Å². The zero-order valence-corrected chi connectivity index (χ0v) is 11.1. The second kappa shape index (κ2) is 4.94. The Morgan fingerprint density at radius 2 is 2.28 bits per heavy atom. The number of ether oxygens (including phenoxy) is 1. The van der Waals surface area contributed by atoms with Crippen molar-refractivity contribution in [2.75, 3.05) is 32.1 Å². The van der Waals surface area contributed by atoms with Crippen molar-refractivity contribution in [2.45, 2.75) is 19.4 Å². The first-order valence-electron chi connectivity index (χ1n) is 6.09. The summed E-state index contributed by atoms with van der Waals surface area (Å²) in [6.07, 6.45) is 0. The SMILES string of the molecule is CNc1cccc(C(=O)N2CCOCC2(C)C)n1. The summed E-state index contributed by atoms with van der Waals surface area (Å²) < 4.78 is 5.42. The molecule has 0 radical (unpaired) electrons. The normalized spacial score (nSPS) is 18.5. The molecule has 2 rings (SSSR count). The molecule has 1 saturated heterocycles. The molecule has 1 aliphatic heterocycles. The summed E-state index contributed by atoms with van der Waals surface area (Å²) in [5.74, 6) is 0.660. The van der Waals surface area contributed by atoms with E-state index < -0.39 is 0 Å². The van der Waals surface area contributed by atoms with Crippen LogP contribution in [-0.2, 0) is 4.74 Å². The Balaban J connectivity index is 2.24. The molecule has 5 heteroatoms. The van der Waals surface area contributed by atoms with Crippen molar-refractivity contribution in [2.24, 2.45) is 0 Å². The fourth-order valence-electron chi connectivity index (χ4n) is 2.07. The van der Waals surface area contributed by atoms with Crippen LogP contribution < -0.4 is 5.32 Å². The van der Waals surface area contributed by atoms with Gasteiger partial charge in [0.25, 0.3) is 5.91 Å². The van der Waals surface area contributed by atoms with Gasteiger partial charge in [0.05, 0.1) is 18.8 Å². The number of carbonyl (C=O) groups is 1. The predicted octanol–water partition coefficient (Wildman–Crippen LogP) is 1.37. The third-order valence-electron chi connectivity index (χ3n) is 3.11. The number of anilines is 1. The van der Waals surface area contributed by atoms with Crippen LogP contribution in [0.4, 0.5) is 5.82 Å². The second-order valence-corrected chi connectivity index (χ2v) is 4.98. The maximum Gasteiger partial charge on any atom is 0.273 e. The van der Waals surface area contributed by atoms with Gasteiger partial charge in [-0.25, -0.2) is 4.98 Å². The van der Waals surface area contributed by atoms with Crippen LogP contribution in [0.2, 0.25) is 0 Å². The van der Waals surface area contributed by atoms with E-state index in [1.165, 1.54) is 0 Å². The monoisotopic (exact) mass is 249 g/mol. The Morgan fingerprint density at radius 3 is 2.94 bits per heavy atom. The van der Waals surface area contributed by atoms with Gasteiger partial charge >= 0.3 is 0 Å². The van der Waals surface area contributed by atoms with Crippen LogP contribution in [-0.4, -0.2) is 48.1 Å². The van der Waals surface area contributed by atoms with Crippen molar-refractivity contribution in [3.63, 3.8) is 0 Å². The van der Waals surface area contributed by atoms with Gasteiger partial charge in [-0.15, -0.1) is 0 Å². The van der Waals surface area contributed by atoms with Crippen LogP contribution in [0.15, 0.2) is 18.2 Å². The summed E-state index contributed by atoms with van der Waals surface area (Å²) >= 11 is 0. The van der Waals surface area contributed by atoms with Crippen molar-refractivity contribution < 1.29 is 9.53 Å². The van der Waals surface area contributed by atoms with E-state index in [9.17, 15) is 4.79 Å². The predicted molar refractivity (Wildman–Crippen MR) is 69.7 cm³/mol. The largest absolute Gasteiger partial charge is 0.377 e. The quantitative estimate of drug-likeness (QED) is 0.860. The molecule has 0 aromatic carbocycles. The number of amides is 1. The van der Waals surface area contributed by atoms with E-state index in [1.807, 2.05) is 30.9 Å². The van der Waals surface area contributed by atoms with Gasteiger partial charge in [0.15, 0.2) is 0 Å². The number of nitrogens with one attached hydrogen (secondary N) is 1. The third kappa shape index (κ3) is 2.46. The lowest BCUT2D eigenvalue weighted by atomic mass is 10.0. The van der Waals surface area contributed by atoms with Gasteiger partial charge < -0.3 is 15.0 Å². The molecule has 1 amide bonds. The summed E-state index contributed by atoms with van der Waals surface area (Å²) in [6, 6.07) is 5.41. The molecule has 0 bridgehead atoms. The highest BCUT2D eigenvalue weighted by Gasteiger charge is 2.35. The molecule has 2 heterocycles. The van der Waals surface area contributed by atoms with E-state index in [0.29, 0.717) is 31.3 Å². The maximum absolute atomic E-state index is 12.5. The summed E-state index contributed by atoms with van der Waals surface area (Å²) in [6.45, 7) is 5.76. The molecule has 1 aliphatic rings. The molecule has 18 heavy (non-hydrogen) atoms. The highest BCUT2D eigenvalue weighted by molar-refractivity contribution is 5.93. The van der Waals surface area contributed by atoms with Gasteiger partial charge in [0, 0.05) is 13.6 Å². The van der Waals surface area contributed by atoms with Crippen molar-refractivity contribution in [1.29, 1.82) is 0 Å². The van der Waals surface area contributed by atoms with Crippen LogP contribution in [0.1, 0.15) is 24.3 Å². The molecule has 1 fully saturated rings. The van der Waals surface area contributed by atoms with Crippen LogP contribution in [0.25, 0.3) is 0 Å². The summed E-state index contributed by atoms with van der Waals surface area (Å²) in [5.41, 5.74) is 0.184. The zero-order valence-electron chi connectivity index (χ0n) is 11.1. The van der Waals surface area contributed by atoms with Crippen LogP contribution in [0, 0.1) is 0 Å². The van der Waals surface area contributed by atoms with Crippen LogP contribution in [0.5, 0.6) is 0 Å². The minimum Gasteiger partial charge on any atom is -0.377 e. The lowest BCUT2D eigenvalue weighted by molar-refractivity contribution is -0.0373. The molecule has 0 unspecified atom stereocenters. The number of morpholine rings is 1. The molecule has 0 spiro atoms. The average Bonchev–Trinajstić information content (AvgIpc) is 2.37. The minimum absolute atomic E-state index is 0.0413. The maximum atomic E-state index is 12.5. The van der Waals surface area contributed by atoms with E-state index >= 15 is 0 Å². The smallest absolute Gasteiger partial charge is 0.273 e. The van der Waals surface area contributed by atoms with Gasteiger partial charge in [-0.05, 0) is 26.0 Å². The molecule has 1 aromatic heterocycles. The molecule has 1 N–H and O–H groups in total. The van der Waals surface area contributed by atoms with E-state index in [4.69, 9.17) is 4.74 Å². The standard InChI is InChI=1S/C13H19N3O2/c1-13(2)9-18-8-7-16(13)12(17)10-5-4-6-11(14-3)15-10/h4-6H,7-9H2,1-3H3,(H,14,15). The average molecular weight is 249 g/mol. The minimum atomic E-state index is -0.285. The second-order valence-electron chi connectivity index (χ2n) is 4.98. The Kier molecular flexibility index (Phi) is 3.52. The van der Waals surface area contributed by atoms with Crippen molar-refractivity contribution in [1.82, 2.24) is 9.88 Å². The highest BCUT2D eigenvalue weighted by Crippen LogP contribution is 2.21. The third-order valence-corrected chi connectivity index (χ3v) is 3.11. The Bertz CT molecular complexity index is 446.